The maximum atomic E-state index is 4.72. The SMILES string of the molecule is CCc1cc(NC)nc(C2CN3CCN2CC3)n1. The number of anilines is 1. The van der Waals surface area contributed by atoms with Gasteiger partial charge >= 0.3 is 0 Å². The second kappa shape index (κ2) is 4.82. The number of nitrogens with zero attached hydrogens (tertiary/aromatic N) is 4. The Kier molecular flexibility index (Phi) is 3.18. The minimum Gasteiger partial charge on any atom is -0.373 e. The van der Waals surface area contributed by atoms with Gasteiger partial charge in [-0.05, 0) is 6.42 Å². The Bertz CT molecular complexity index is 403. The Morgan fingerprint density at radius 1 is 1.28 bits per heavy atom. The molecule has 1 unspecified atom stereocenters. The molecule has 3 aliphatic rings. The van der Waals surface area contributed by atoms with Crippen LogP contribution in [0.25, 0.3) is 0 Å². The van der Waals surface area contributed by atoms with Crippen molar-refractivity contribution in [3.8, 4) is 0 Å². The van der Waals surface area contributed by atoms with Gasteiger partial charge in [-0.1, -0.05) is 6.92 Å². The van der Waals surface area contributed by atoms with Gasteiger partial charge in [0, 0.05) is 51.5 Å². The molecule has 18 heavy (non-hydrogen) atoms. The third-order valence-electron chi connectivity index (χ3n) is 3.99. The Morgan fingerprint density at radius 3 is 2.61 bits per heavy atom. The predicted octanol–water partition coefficient (Wildman–Crippen LogP) is 0.753. The maximum Gasteiger partial charge on any atom is 0.149 e. The van der Waals surface area contributed by atoms with E-state index in [2.05, 4.69) is 27.0 Å². The van der Waals surface area contributed by atoms with Crippen LogP contribution in [0, 0.1) is 0 Å². The molecule has 1 aromatic heterocycles. The van der Waals surface area contributed by atoms with Gasteiger partial charge in [0.15, 0.2) is 0 Å². The molecule has 3 fully saturated rings. The van der Waals surface area contributed by atoms with Crippen molar-refractivity contribution < 1.29 is 0 Å². The minimum absolute atomic E-state index is 0.381. The minimum atomic E-state index is 0.381. The molecule has 4 heterocycles. The van der Waals surface area contributed by atoms with Crippen LogP contribution in [0.2, 0.25) is 0 Å². The van der Waals surface area contributed by atoms with Crippen LogP contribution < -0.4 is 5.32 Å². The lowest BCUT2D eigenvalue weighted by Crippen LogP contribution is -2.57. The van der Waals surface area contributed by atoms with Crippen molar-refractivity contribution in [2.75, 3.05) is 45.1 Å². The summed E-state index contributed by atoms with van der Waals surface area (Å²) in [5.41, 5.74) is 1.13. The molecule has 3 aliphatic heterocycles. The molecular formula is C13H21N5. The van der Waals surface area contributed by atoms with E-state index >= 15 is 0 Å². The van der Waals surface area contributed by atoms with Gasteiger partial charge in [-0.3, -0.25) is 9.80 Å². The number of aryl methyl sites for hydroxylation is 1. The molecule has 0 aromatic carbocycles. The summed E-state index contributed by atoms with van der Waals surface area (Å²) in [5, 5.41) is 3.14. The third kappa shape index (κ3) is 2.08. The van der Waals surface area contributed by atoms with E-state index in [1.54, 1.807) is 0 Å². The van der Waals surface area contributed by atoms with Crippen molar-refractivity contribution in [3.63, 3.8) is 0 Å². The van der Waals surface area contributed by atoms with Crippen molar-refractivity contribution >= 4 is 5.82 Å². The zero-order chi connectivity index (χ0) is 12.5. The molecule has 5 nitrogen and oxygen atoms in total. The molecule has 4 rings (SSSR count). The Balaban J connectivity index is 1.91. The first-order valence-corrected chi connectivity index (χ1v) is 6.82. The molecule has 5 heteroatoms. The van der Waals surface area contributed by atoms with Crippen LogP contribution in [0.1, 0.15) is 24.5 Å². The standard InChI is InChI=1S/C13H21N5/c1-3-10-8-12(14-2)16-13(15-10)11-9-17-4-6-18(11)7-5-17/h8,11H,3-7,9H2,1-2H3,(H,14,15,16). The highest BCUT2D eigenvalue weighted by Gasteiger charge is 2.34. The molecule has 1 N–H and O–H groups in total. The second-order valence-corrected chi connectivity index (χ2v) is 5.06. The van der Waals surface area contributed by atoms with E-state index in [1.165, 1.54) is 13.1 Å². The average molecular weight is 247 g/mol. The topological polar surface area (TPSA) is 44.3 Å². The molecule has 98 valence electrons. The van der Waals surface area contributed by atoms with Crippen molar-refractivity contribution in [3.05, 3.63) is 17.6 Å². The molecule has 1 atom stereocenters. The van der Waals surface area contributed by atoms with Gasteiger partial charge in [0.2, 0.25) is 0 Å². The fourth-order valence-corrected chi connectivity index (χ4v) is 2.84. The number of aromatic nitrogens is 2. The van der Waals surface area contributed by atoms with Crippen molar-refractivity contribution in [2.24, 2.45) is 0 Å². The Morgan fingerprint density at radius 2 is 2.06 bits per heavy atom. The first-order valence-electron chi connectivity index (χ1n) is 6.82. The molecule has 3 saturated heterocycles. The zero-order valence-corrected chi connectivity index (χ0v) is 11.2. The highest BCUT2D eigenvalue weighted by Crippen LogP contribution is 2.27. The number of fused-ring (bicyclic) bond motifs is 3. The summed E-state index contributed by atoms with van der Waals surface area (Å²) in [4.78, 5) is 14.4. The lowest BCUT2D eigenvalue weighted by Gasteiger charge is -2.46. The van der Waals surface area contributed by atoms with E-state index in [-0.39, 0.29) is 0 Å². The van der Waals surface area contributed by atoms with Crippen molar-refractivity contribution in [1.29, 1.82) is 0 Å². The van der Waals surface area contributed by atoms with E-state index < -0.39 is 0 Å². The molecule has 2 bridgehead atoms. The maximum absolute atomic E-state index is 4.72. The van der Waals surface area contributed by atoms with Gasteiger partial charge in [0.25, 0.3) is 0 Å². The Labute approximate surface area is 108 Å². The summed E-state index contributed by atoms with van der Waals surface area (Å²) in [6, 6.07) is 2.42. The first-order chi connectivity index (χ1) is 8.80. The molecule has 1 aromatic rings. The molecule has 0 amide bonds. The van der Waals surface area contributed by atoms with E-state index in [4.69, 9.17) is 4.98 Å². The highest BCUT2D eigenvalue weighted by molar-refractivity contribution is 5.35. The van der Waals surface area contributed by atoms with Crippen LogP contribution in [0.15, 0.2) is 6.07 Å². The number of piperazine rings is 3. The predicted molar refractivity (Wildman–Crippen MR) is 71.7 cm³/mol. The van der Waals surface area contributed by atoms with Gasteiger partial charge in [-0.25, -0.2) is 9.97 Å². The number of nitrogens with one attached hydrogen (secondary N) is 1. The van der Waals surface area contributed by atoms with Crippen molar-refractivity contribution in [2.45, 2.75) is 19.4 Å². The third-order valence-corrected chi connectivity index (χ3v) is 3.99. The smallest absolute Gasteiger partial charge is 0.149 e. The molecule has 0 spiro atoms. The van der Waals surface area contributed by atoms with Crippen molar-refractivity contribution in [1.82, 2.24) is 19.8 Å². The van der Waals surface area contributed by atoms with Crippen LogP contribution >= 0.6 is 0 Å². The largest absolute Gasteiger partial charge is 0.373 e. The van der Waals surface area contributed by atoms with E-state index in [1.807, 2.05) is 13.1 Å². The van der Waals surface area contributed by atoms with E-state index in [9.17, 15) is 0 Å². The Hall–Kier alpha value is -1.20. The van der Waals surface area contributed by atoms with E-state index in [0.29, 0.717) is 6.04 Å². The molecule has 0 aliphatic carbocycles. The quantitative estimate of drug-likeness (QED) is 0.854. The molecular weight excluding hydrogens is 226 g/mol. The van der Waals surface area contributed by atoms with Crippen LogP contribution in [0.4, 0.5) is 5.82 Å². The summed E-state index contributed by atoms with van der Waals surface area (Å²) in [6.45, 7) is 7.92. The van der Waals surface area contributed by atoms with Gasteiger partial charge in [0.1, 0.15) is 11.6 Å². The summed E-state index contributed by atoms with van der Waals surface area (Å²) >= 11 is 0. The zero-order valence-electron chi connectivity index (χ0n) is 11.2. The normalized spacial score (nSPS) is 30.4. The lowest BCUT2D eigenvalue weighted by molar-refractivity contribution is 0.00863. The van der Waals surface area contributed by atoms with Crippen LogP contribution in [-0.2, 0) is 6.42 Å². The number of rotatable bonds is 3. The highest BCUT2D eigenvalue weighted by atomic mass is 15.4. The molecule has 0 saturated carbocycles. The fourth-order valence-electron chi connectivity index (χ4n) is 2.84. The first kappa shape index (κ1) is 11.9. The van der Waals surface area contributed by atoms with Gasteiger partial charge in [0.05, 0.1) is 6.04 Å². The monoisotopic (exact) mass is 247 g/mol. The van der Waals surface area contributed by atoms with Gasteiger partial charge in [-0.2, -0.15) is 0 Å². The summed E-state index contributed by atoms with van der Waals surface area (Å²) in [6.07, 6.45) is 0.959. The average Bonchev–Trinajstić information content (AvgIpc) is 2.47. The van der Waals surface area contributed by atoms with Crippen LogP contribution in [0.3, 0.4) is 0 Å². The second-order valence-electron chi connectivity index (χ2n) is 5.06. The molecule has 0 radical (unpaired) electrons. The number of hydrogen-bond donors (Lipinski definition) is 1. The summed E-state index contributed by atoms with van der Waals surface area (Å²) < 4.78 is 0. The van der Waals surface area contributed by atoms with Gasteiger partial charge in [-0.15, -0.1) is 0 Å². The fraction of sp³-hybridized carbons (Fsp3) is 0.692. The lowest BCUT2D eigenvalue weighted by atomic mass is 10.1. The summed E-state index contributed by atoms with van der Waals surface area (Å²) in [5.74, 6) is 1.93. The van der Waals surface area contributed by atoms with Crippen LogP contribution in [-0.4, -0.2) is 59.5 Å². The number of hydrogen-bond acceptors (Lipinski definition) is 5. The van der Waals surface area contributed by atoms with E-state index in [0.717, 1.165) is 43.4 Å². The van der Waals surface area contributed by atoms with Gasteiger partial charge < -0.3 is 5.32 Å². The van der Waals surface area contributed by atoms with Crippen LogP contribution in [0.5, 0.6) is 0 Å². The summed E-state index contributed by atoms with van der Waals surface area (Å²) in [7, 11) is 1.92.